The summed E-state index contributed by atoms with van der Waals surface area (Å²) in [6.07, 6.45) is 1.44. The molecule has 0 aromatic carbocycles. The summed E-state index contributed by atoms with van der Waals surface area (Å²) in [4.78, 5) is 0. The monoisotopic (exact) mass is 176 g/mol. The molecule has 0 radical (unpaired) electrons. The first-order valence-electron chi connectivity index (χ1n) is 4.29. The fourth-order valence-corrected chi connectivity index (χ4v) is 0.827. The quantitative estimate of drug-likeness (QED) is 0.490. The van der Waals surface area contributed by atoms with Crippen molar-refractivity contribution in [1.29, 1.82) is 0 Å². The lowest BCUT2D eigenvalue weighted by molar-refractivity contribution is -0.177. The minimum absolute atomic E-state index is 0.480. The topological polar surface area (TPSA) is 49.7 Å². The summed E-state index contributed by atoms with van der Waals surface area (Å²) in [7, 11) is 0. The van der Waals surface area contributed by atoms with Crippen molar-refractivity contribution in [2.24, 2.45) is 0 Å². The maximum absolute atomic E-state index is 9.33. The zero-order valence-corrected chi connectivity index (χ0v) is 8.42. The Balaban J connectivity index is 3.35. The summed E-state index contributed by atoms with van der Waals surface area (Å²) >= 11 is 0. The van der Waals surface area contributed by atoms with E-state index in [4.69, 9.17) is 9.84 Å². The second-order valence-corrected chi connectivity index (χ2v) is 4.21. The molecule has 0 aromatic heterocycles. The number of rotatable bonds is 5. The average molecular weight is 176 g/mol. The summed E-state index contributed by atoms with van der Waals surface area (Å²) in [5.41, 5.74) is -0.636. The van der Waals surface area contributed by atoms with Crippen LogP contribution in [0.3, 0.4) is 0 Å². The van der Waals surface area contributed by atoms with Crippen molar-refractivity contribution in [2.45, 2.75) is 51.9 Å². The van der Waals surface area contributed by atoms with Crippen molar-refractivity contribution in [1.82, 2.24) is 0 Å². The normalized spacial score (nSPS) is 13.5. The fourth-order valence-electron chi connectivity index (χ4n) is 0.827. The second-order valence-electron chi connectivity index (χ2n) is 4.21. The molecule has 0 bridgehead atoms. The molecule has 74 valence electrons. The van der Waals surface area contributed by atoms with E-state index in [9.17, 15) is 5.11 Å². The molecular weight excluding hydrogens is 156 g/mol. The van der Waals surface area contributed by atoms with E-state index < -0.39 is 11.4 Å². The highest BCUT2D eigenvalue weighted by atomic mass is 16.6. The second kappa shape index (κ2) is 4.21. The number of aliphatic hydroxyl groups is 2. The molecule has 0 heterocycles. The molecule has 0 aliphatic carbocycles. The van der Waals surface area contributed by atoms with Gasteiger partial charge < -0.3 is 14.9 Å². The van der Waals surface area contributed by atoms with Gasteiger partial charge in [-0.2, -0.15) is 0 Å². The van der Waals surface area contributed by atoms with Gasteiger partial charge in [0.05, 0.1) is 12.2 Å². The lowest BCUT2D eigenvalue weighted by Crippen LogP contribution is -2.25. The molecule has 0 rings (SSSR count). The van der Waals surface area contributed by atoms with Gasteiger partial charge in [-0.15, -0.1) is 0 Å². The van der Waals surface area contributed by atoms with Crippen LogP contribution >= 0.6 is 0 Å². The standard InChI is InChI=1S/C9H20O3/c1-8(2,10)6-5-7-12-9(3,4)11/h10-11H,5-7H2,1-4H3. The minimum atomic E-state index is -1.06. The third-order valence-electron chi connectivity index (χ3n) is 1.39. The van der Waals surface area contributed by atoms with Crippen LogP contribution in [0.4, 0.5) is 0 Å². The van der Waals surface area contributed by atoms with Crippen molar-refractivity contribution >= 4 is 0 Å². The highest BCUT2D eigenvalue weighted by Gasteiger charge is 2.14. The van der Waals surface area contributed by atoms with E-state index in [-0.39, 0.29) is 0 Å². The summed E-state index contributed by atoms with van der Waals surface area (Å²) in [6, 6.07) is 0. The third kappa shape index (κ3) is 9.88. The SMILES string of the molecule is CC(C)(O)CCCOC(C)(C)O. The molecule has 0 amide bonds. The van der Waals surface area contributed by atoms with Crippen LogP contribution in [0.1, 0.15) is 40.5 Å². The maximum atomic E-state index is 9.33. The van der Waals surface area contributed by atoms with Crippen LogP contribution in [-0.2, 0) is 4.74 Å². The zero-order chi connectivity index (χ0) is 9.83. The summed E-state index contributed by atoms with van der Waals surface area (Å²) < 4.78 is 5.07. The smallest absolute Gasteiger partial charge is 0.159 e. The van der Waals surface area contributed by atoms with Crippen molar-refractivity contribution in [3.05, 3.63) is 0 Å². The van der Waals surface area contributed by atoms with Crippen LogP contribution in [0, 0.1) is 0 Å². The van der Waals surface area contributed by atoms with Gasteiger partial charge in [0, 0.05) is 0 Å². The van der Waals surface area contributed by atoms with Crippen LogP contribution in [0.25, 0.3) is 0 Å². The van der Waals surface area contributed by atoms with E-state index in [1.54, 1.807) is 27.7 Å². The van der Waals surface area contributed by atoms with E-state index in [0.717, 1.165) is 6.42 Å². The molecule has 0 aliphatic rings. The largest absolute Gasteiger partial charge is 0.390 e. The van der Waals surface area contributed by atoms with Gasteiger partial charge in [0.15, 0.2) is 5.79 Å². The minimum Gasteiger partial charge on any atom is -0.390 e. The average Bonchev–Trinajstić information content (AvgIpc) is 1.76. The number of ether oxygens (including phenoxy) is 1. The van der Waals surface area contributed by atoms with Gasteiger partial charge in [-0.25, -0.2) is 0 Å². The molecule has 0 spiro atoms. The van der Waals surface area contributed by atoms with E-state index in [1.165, 1.54) is 0 Å². The summed E-state index contributed by atoms with van der Waals surface area (Å²) in [5.74, 6) is -1.06. The molecule has 0 saturated heterocycles. The molecule has 0 aromatic rings. The summed E-state index contributed by atoms with van der Waals surface area (Å²) in [5, 5.41) is 18.5. The molecule has 0 saturated carbocycles. The Morgan fingerprint density at radius 3 is 1.92 bits per heavy atom. The van der Waals surface area contributed by atoms with Gasteiger partial charge >= 0.3 is 0 Å². The van der Waals surface area contributed by atoms with Crippen LogP contribution < -0.4 is 0 Å². The van der Waals surface area contributed by atoms with Crippen LogP contribution in [0.2, 0.25) is 0 Å². The van der Waals surface area contributed by atoms with E-state index in [2.05, 4.69) is 0 Å². The lowest BCUT2D eigenvalue weighted by Gasteiger charge is -2.20. The predicted molar refractivity (Wildman–Crippen MR) is 47.8 cm³/mol. The van der Waals surface area contributed by atoms with Crippen molar-refractivity contribution in [3.8, 4) is 0 Å². The Morgan fingerprint density at radius 2 is 1.58 bits per heavy atom. The Bertz CT molecular complexity index is 103. The fraction of sp³-hybridized carbons (Fsp3) is 1.00. The van der Waals surface area contributed by atoms with E-state index in [1.807, 2.05) is 0 Å². The molecule has 12 heavy (non-hydrogen) atoms. The predicted octanol–water partition coefficient (Wildman–Crippen LogP) is 1.28. The molecule has 0 atom stereocenters. The van der Waals surface area contributed by atoms with Crippen LogP contribution in [0.15, 0.2) is 0 Å². The molecule has 0 fully saturated rings. The van der Waals surface area contributed by atoms with Gasteiger partial charge in [0.1, 0.15) is 0 Å². The van der Waals surface area contributed by atoms with Crippen molar-refractivity contribution in [2.75, 3.05) is 6.61 Å². The first-order chi connectivity index (χ1) is 5.21. The Morgan fingerprint density at radius 1 is 1.08 bits per heavy atom. The first kappa shape index (κ1) is 11.9. The van der Waals surface area contributed by atoms with Gasteiger partial charge in [-0.05, 0) is 40.5 Å². The molecule has 3 nitrogen and oxygen atoms in total. The van der Waals surface area contributed by atoms with E-state index >= 15 is 0 Å². The lowest BCUT2D eigenvalue weighted by atomic mass is 10.0. The molecule has 0 aliphatic heterocycles. The highest BCUT2D eigenvalue weighted by Crippen LogP contribution is 2.11. The van der Waals surface area contributed by atoms with Crippen molar-refractivity contribution in [3.63, 3.8) is 0 Å². The summed E-state index contributed by atoms with van der Waals surface area (Å²) in [6.45, 7) is 7.19. The molecule has 0 unspecified atom stereocenters. The van der Waals surface area contributed by atoms with Crippen LogP contribution in [-0.4, -0.2) is 28.2 Å². The van der Waals surface area contributed by atoms with Gasteiger partial charge in [0.25, 0.3) is 0 Å². The van der Waals surface area contributed by atoms with Crippen molar-refractivity contribution < 1.29 is 14.9 Å². The number of hydrogen-bond acceptors (Lipinski definition) is 3. The molecule has 2 N–H and O–H groups in total. The van der Waals surface area contributed by atoms with E-state index in [0.29, 0.717) is 13.0 Å². The first-order valence-corrected chi connectivity index (χ1v) is 4.29. The third-order valence-corrected chi connectivity index (χ3v) is 1.39. The zero-order valence-electron chi connectivity index (χ0n) is 8.42. The number of hydrogen-bond donors (Lipinski definition) is 2. The maximum Gasteiger partial charge on any atom is 0.159 e. The molecule has 3 heteroatoms. The Hall–Kier alpha value is -0.120. The Kier molecular flexibility index (Phi) is 4.17. The van der Waals surface area contributed by atoms with Gasteiger partial charge in [-0.1, -0.05) is 0 Å². The van der Waals surface area contributed by atoms with Gasteiger partial charge in [0.2, 0.25) is 0 Å². The Labute approximate surface area is 74.4 Å². The van der Waals surface area contributed by atoms with Crippen LogP contribution in [0.5, 0.6) is 0 Å². The molecular formula is C9H20O3. The highest BCUT2D eigenvalue weighted by molar-refractivity contribution is 4.64. The van der Waals surface area contributed by atoms with Gasteiger partial charge in [-0.3, -0.25) is 0 Å².